The molecule has 1 fully saturated rings. The zero-order valence-electron chi connectivity index (χ0n) is 14.0. The molecule has 1 aromatic carbocycles. The molecule has 0 radical (unpaired) electrons. The fourth-order valence-corrected chi connectivity index (χ4v) is 3.93. The molecule has 124 valence electrons. The quantitative estimate of drug-likeness (QED) is 0.625. The number of nitrogens with zero attached hydrogens (tertiary/aromatic N) is 3. The molecular formula is C19H21IN4. The number of likely N-dealkylation sites (N-methyl/N-ethyl adjacent to an activating group) is 1. The molecule has 2 aromatic heterocycles. The smallest absolute Gasteiger partial charge is 0.138 e. The monoisotopic (exact) mass is 432 g/mol. The van der Waals surface area contributed by atoms with E-state index in [0.29, 0.717) is 0 Å². The van der Waals surface area contributed by atoms with Crippen LogP contribution in [0.15, 0.2) is 36.7 Å². The third-order valence-electron chi connectivity index (χ3n) is 4.85. The number of rotatable bonds is 2. The number of hydrogen-bond donors (Lipinski definition) is 1. The predicted octanol–water partition coefficient (Wildman–Crippen LogP) is 3.89. The second-order valence-corrected chi connectivity index (χ2v) is 7.71. The first kappa shape index (κ1) is 15.9. The molecule has 0 bridgehead atoms. The van der Waals surface area contributed by atoms with Crippen molar-refractivity contribution in [2.24, 2.45) is 0 Å². The number of halogens is 1. The van der Waals surface area contributed by atoms with Crippen molar-refractivity contribution in [2.45, 2.75) is 6.92 Å². The van der Waals surface area contributed by atoms with Gasteiger partial charge in [0.1, 0.15) is 5.65 Å². The highest BCUT2D eigenvalue weighted by atomic mass is 127. The highest BCUT2D eigenvalue weighted by molar-refractivity contribution is 14.1. The molecule has 0 saturated carbocycles. The number of pyridine rings is 1. The Morgan fingerprint density at radius 2 is 1.88 bits per heavy atom. The Morgan fingerprint density at radius 1 is 1.08 bits per heavy atom. The molecule has 0 amide bonds. The maximum atomic E-state index is 4.55. The lowest BCUT2D eigenvalue weighted by atomic mass is 10.0. The summed E-state index contributed by atoms with van der Waals surface area (Å²) in [6.07, 6.45) is 3.96. The van der Waals surface area contributed by atoms with Gasteiger partial charge in [-0.05, 0) is 65.9 Å². The summed E-state index contributed by atoms with van der Waals surface area (Å²) in [5.41, 5.74) is 6.05. The van der Waals surface area contributed by atoms with Crippen molar-refractivity contribution in [2.75, 3.05) is 38.1 Å². The first-order valence-corrected chi connectivity index (χ1v) is 9.37. The lowest BCUT2D eigenvalue weighted by molar-refractivity contribution is 0.312. The van der Waals surface area contributed by atoms with E-state index in [4.69, 9.17) is 0 Å². The summed E-state index contributed by atoms with van der Waals surface area (Å²) < 4.78 is 1.21. The summed E-state index contributed by atoms with van der Waals surface area (Å²) >= 11 is 2.35. The predicted molar refractivity (Wildman–Crippen MR) is 109 cm³/mol. The van der Waals surface area contributed by atoms with Gasteiger partial charge in [0.2, 0.25) is 0 Å². The number of aryl methyl sites for hydroxylation is 1. The second kappa shape index (κ2) is 6.37. The van der Waals surface area contributed by atoms with Crippen LogP contribution in [0, 0.1) is 10.5 Å². The first-order chi connectivity index (χ1) is 11.6. The van der Waals surface area contributed by atoms with E-state index < -0.39 is 0 Å². The molecule has 3 aromatic rings. The number of H-pyrrole nitrogens is 1. The molecule has 0 unspecified atom stereocenters. The Hall–Kier alpha value is -1.60. The van der Waals surface area contributed by atoms with Gasteiger partial charge in [0, 0.05) is 58.8 Å². The van der Waals surface area contributed by atoms with Gasteiger partial charge in [0.25, 0.3) is 0 Å². The Balaban J connectivity index is 1.66. The molecular weight excluding hydrogens is 411 g/mol. The average Bonchev–Trinajstić information content (AvgIpc) is 2.96. The summed E-state index contributed by atoms with van der Waals surface area (Å²) in [6.45, 7) is 6.68. The molecule has 0 spiro atoms. The maximum absolute atomic E-state index is 4.55. The number of nitrogens with one attached hydrogen (secondary N) is 1. The van der Waals surface area contributed by atoms with Gasteiger partial charge >= 0.3 is 0 Å². The van der Waals surface area contributed by atoms with Crippen LogP contribution in [-0.4, -0.2) is 48.1 Å². The molecule has 3 heterocycles. The van der Waals surface area contributed by atoms with Gasteiger partial charge in [0.05, 0.1) is 0 Å². The van der Waals surface area contributed by atoms with Crippen molar-refractivity contribution in [1.82, 2.24) is 14.9 Å². The molecule has 1 aliphatic heterocycles. The Kier molecular flexibility index (Phi) is 4.22. The molecule has 24 heavy (non-hydrogen) atoms. The Labute approximate surface area is 156 Å². The van der Waals surface area contributed by atoms with E-state index in [1.807, 2.05) is 12.4 Å². The summed E-state index contributed by atoms with van der Waals surface area (Å²) in [7, 11) is 2.19. The van der Waals surface area contributed by atoms with Gasteiger partial charge in [-0.15, -0.1) is 0 Å². The highest BCUT2D eigenvalue weighted by Crippen LogP contribution is 2.30. The van der Waals surface area contributed by atoms with E-state index in [2.05, 4.69) is 80.6 Å². The van der Waals surface area contributed by atoms with Gasteiger partial charge in [0.15, 0.2) is 0 Å². The standard InChI is InChI=1S/C19H21IN4/c1-13-9-14(3-4-18(13)24-7-5-23(2)6-8-24)15-10-16-17(20)12-22-19(16)21-11-15/h3-4,9-12H,5-8H2,1-2H3,(H,21,22). The topological polar surface area (TPSA) is 35.2 Å². The normalized spacial score (nSPS) is 16.0. The largest absolute Gasteiger partial charge is 0.369 e. The van der Waals surface area contributed by atoms with Crippen LogP contribution >= 0.6 is 22.6 Å². The van der Waals surface area contributed by atoms with E-state index in [-0.39, 0.29) is 0 Å². The van der Waals surface area contributed by atoms with Crippen molar-refractivity contribution in [3.63, 3.8) is 0 Å². The first-order valence-electron chi connectivity index (χ1n) is 8.29. The van der Waals surface area contributed by atoms with E-state index in [1.54, 1.807) is 0 Å². The van der Waals surface area contributed by atoms with Gasteiger partial charge in [-0.25, -0.2) is 4.98 Å². The molecule has 4 nitrogen and oxygen atoms in total. The van der Waals surface area contributed by atoms with E-state index in [0.717, 1.165) is 31.8 Å². The second-order valence-electron chi connectivity index (χ2n) is 6.55. The third kappa shape index (κ3) is 2.91. The van der Waals surface area contributed by atoms with E-state index >= 15 is 0 Å². The number of aromatic nitrogens is 2. The van der Waals surface area contributed by atoms with Crippen LogP contribution in [0.3, 0.4) is 0 Å². The Morgan fingerprint density at radius 3 is 2.62 bits per heavy atom. The average molecular weight is 432 g/mol. The van der Waals surface area contributed by atoms with Crippen LogP contribution in [0.1, 0.15) is 5.56 Å². The minimum Gasteiger partial charge on any atom is -0.369 e. The summed E-state index contributed by atoms with van der Waals surface area (Å²) in [4.78, 5) is 12.6. The third-order valence-corrected chi connectivity index (χ3v) is 5.75. The molecule has 0 atom stereocenters. The molecule has 0 aliphatic carbocycles. The molecule has 5 heteroatoms. The number of anilines is 1. The van der Waals surface area contributed by atoms with Crippen LogP contribution in [0.25, 0.3) is 22.2 Å². The highest BCUT2D eigenvalue weighted by Gasteiger charge is 2.16. The Bertz CT molecular complexity index is 878. The number of fused-ring (bicyclic) bond motifs is 1. The van der Waals surface area contributed by atoms with Crippen molar-refractivity contribution in [3.05, 3.63) is 45.8 Å². The van der Waals surface area contributed by atoms with Gasteiger partial charge < -0.3 is 14.8 Å². The van der Waals surface area contributed by atoms with Crippen LogP contribution in [0.5, 0.6) is 0 Å². The summed E-state index contributed by atoms with van der Waals surface area (Å²) in [6, 6.07) is 9.01. The zero-order chi connectivity index (χ0) is 16.7. The fraction of sp³-hybridized carbons (Fsp3) is 0.316. The molecule has 1 N–H and O–H groups in total. The SMILES string of the molecule is Cc1cc(-c2cnc3[nH]cc(I)c3c2)ccc1N1CCN(C)CC1. The minimum absolute atomic E-state index is 0.953. The summed E-state index contributed by atoms with van der Waals surface area (Å²) in [5.74, 6) is 0. The summed E-state index contributed by atoms with van der Waals surface area (Å²) in [5, 5.41) is 1.19. The van der Waals surface area contributed by atoms with Gasteiger partial charge in [-0.1, -0.05) is 6.07 Å². The zero-order valence-corrected chi connectivity index (χ0v) is 16.2. The van der Waals surface area contributed by atoms with E-state index in [9.17, 15) is 0 Å². The van der Waals surface area contributed by atoms with E-state index in [1.165, 1.54) is 31.3 Å². The number of benzene rings is 1. The number of piperazine rings is 1. The number of hydrogen-bond acceptors (Lipinski definition) is 3. The fourth-order valence-electron chi connectivity index (χ4n) is 3.37. The van der Waals surface area contributed by atoms with Gasteiger partial charge in [-0.3, -0.25) is 0 Å². The molecule has 1 saturated heterocycles. The maximum Gasteiger partial charge on any atom is 0.138 e. The van der Waals surface area contributed by atoms with Crippen molar-refractivity contribution >= 4 is 39.3 Å². The van der Waals surface area contributed by atoms with Crippen LogP contribution in [-0.2, 0) is 0 Å². The van der Waals surface area contributed by atoms with Crippen molar-refractivity contribution in [1.29, 1.82) is 0 Å². The molecule has 1 aliphatic rings. The lowest BCUT2D eigenvalue weighted by Gasteiger charge is -2.35. The lowest BCUT2D eigenvalue weighted by Crippen LogP contribution is -2.44. The van der Waals surface area contributed by atoms with Crippen LogP contribution < -0.4 is 4.90 Å². The van der Waals surface area contributed by atoms with Crippen LogP contribution in [0.2, 0.25) is 0 Å². The van der Waals surface area contributed by atoms with Crippen molar-refractivity contribution in [3.8, 4) is 11.1 Å². The molecule has 4 rings (SSSR count). The number of aromatic amines is 1. The van der Waals surface area contributed by atoms with Gasteiger partial charge in [-0.2, -0.15) is 0 Å². The minimum atomic E-state index is 0.953. The van der Waals surface area contributed by atoms with Crippen molar-refractivity contribution < 1.29 is 0 Å². The van der Waals surface area contributed by atoms with Crippen LogP contribution in [0.4, 0.5) is 5.69 Å².